The van der Waals surface area contributed by atoms with Crippen LogP contribution in [-0.4, -0.2) is 28.6 Å². The molecule has 0 saturated heterocycles. The van der Waals surface area contributed by atoms with Gasteiger partial charge in [-0.05, 0) is 49.6 Å². The maximum atomic E-state index is 5.36. The minimum atomic E-state index is 0.765. The summed E-state index contributed by atoms with van der Waals surface area (Å²) in [6.45, 7) is 2.88. The monoisotopic (exact) mass is 306 g/mol. The Labute approximate surface area is 135 Å². The second kappa shape index (κ2) is 5.50. The molecule has 0 fully saturated rings. The van der Waals surface area contributed by atoms with Gasteiger partial charge in [0.15, 0.2) is 0 Å². The molecule has 5 nitrogen and oxygen atoms in total. The van der Waals surface area contributed by atoms with E-state index >= 15 is 0 Å². The van der Waals surface area contributed by atoms with E-state index in [1.165, 1.54) is 11.3 Å². The van der Waals surface area contributed by atoms with Gasteiger partial charge in [0.1, 0.15) is 17.4 Å². The van der Waals surface area contributed by atoms with Crippen molar-refractivity contribution >= 4 is 22.4 Å². The standard InChI is InChI=1S/C18H18N4O/c1-12-20-16-11-19-8-7-15(16)18(21-12)22-9-3-4-13-10-14(23-2)5-6-17(13)22/h5-8,10-11H,3-4,9H2,1-2H3. The summed E-state index contributed by atoms with van der Waals surface area (Å²) in [4.78, 5) is 15.7. The van der Waals surface area contributed by atoms with Crippen molar-refractivity contribution in [2.45, 2.75) is 19.8 Å². The molecule has 5 heteroatoms. The van der Waals surface area contributed by atoms with Crippen molar-refractivity contribution in [1.29, 1.82) is 0 Å². The van der Waals surface area contributed by atoms with Gasteiger partial charge in [0.25, 0.3) is 0 Å². The number of fused-ring (bicyclic) bond motifs is 2. The molecule has 1 aliphatic rings. The van der Waals surface area contributed by atoms with E-state index in [4.69, 9.17) is 9.72 Å². The first-order valence-corrected chi connectivity index (χ1v) is 7.79. The summed E-state index contributed by atoms with van der Waals surface area (Å²) in [5, 5.41) is 1.04. The summed E-state index contributed by atoms with van der Waals surface area (Å²) in [6.07, 6.45) is 5.75. The van der Waals surface area contributed by atoms with E-state index in [1.807, 2.05) is 19.1 Å². The van der Waals surface area contributed by atoms with Crippen LogP contribution >= 0.6 is 0 Å². The number of ether oxygens (including phenoxy) is 1. The highest BCUT2D eigenvalue weighted by molar-refractivity contribution is 5.91. The van der Waals surface area contributed by atoms with E-state index in [9.17, 15) is 0 Å². The van der Waals surface area contributed by atoms with Crippen molar-refractivity contribution in [3.05, 3.63) is 48.0 Å². The van der Waals surface area contributed by atoms with Gasteiger partial charge in [0, 0.05) is 23.8 Å². The molecule has 2 aromatic heterocycles. The molecule has 0 unspecified atom stereocenters. The average molecular weight is 306 g/mol. The number of nitrogens with zero attached hydrogens (tertiary/aromatic N) is 4. The Kier molecular flexibility index (Phi) is 3.33. The second-order valence-corrected chi connectivity index (χ2v) is 5.74. The van der Waals surface area contributed by atoms with Crippen LogP contribution in [0.2, 0.25) is 0 Å². The molecule has 4 rings (SSSR count). The Bertz CT molecular complexity index is 878. The van der Waals surface area contributed by atoms with Gasteiger partial charge in [-0.1, -0.05) is 0 Å². The SMILES string of the molecule is COc1ccc2c(c1)CCCN2c1nc(C)nc2cnccc12. The van der Waals surface area contributed by atoms with Gasteiger partial charge in [0.2, 0.25) is 0 Å². The molecule has 3 aromatic rings. The van der Waals surface area contributed by atoms with Crippen molar-refractivity contribution < 1.29 is 4.74 Å². The number of hydrogen-bond donors (Lipinski definition) is 0. The fourth-order valence-corrected chi connectivity index (χ4v) is 3.20. The molecule has 0 spiro atoms. The average Bonchev–Trinajstić information content (AvgIpc) is 2.60. The Balaban J connectivity index is 1.90. The van der Waals surface area contributed by atoms with Gasteiger partial charge >= 0.3 is 0 Å². The van der Waals surface area contributed by atoms with Crippen LogP contribution in [0.3, 0.4) is 0 Å². The van der Waals surface area contributed by atoms with E-state index in [1.54, 1.807) is 19.5 Å². The highest BCUT2D eigenvalue weighted by Gasteiger charge is 2.22. The zero-order valence-corrected chi connectivity index (χ0v) is 13.3. The van der Waals surface area contributed by atoms with Crippen LogP contribution in [0.25, 0.3) is 10.9 Å². The number of pyridine rings is 1. The molecule has 3 heterocycles. The highest BCUT2D eigenvalue weighted by Crippen LogP contribution is 2.37. The lowest BCUT2D eigenvalue weighted by Gasteiger charge is -2.31. The van der Waals surface area contributed by atoms with E-state index in [0.717, 1.165) is 47.7 Å². The van der Waals surface area contributed by atoms with E-state index in [0.29, 0.717) is 0 Å². The molecule has 0 saturated carbocycles. The Morgan fingerprint density at radius 1 is 1.17 bits per heavy atom. The molecular weight excluding hydrogens is 288 g/mol. The normalized spacial score (nSPS) is 13.9. The Hall–Kier alpha value is -2.69. The van der Waals surface area contributed by atoms with Gasteiger partial charge in [-0.3, -0.25) is 4.98 Å². The molecule has 0 amide bonds. The third-order valence-corrected chi connectivity index (χ3v) is 4.25. The quantitative estimate of drug-likeness (QED) is 0.726. The van der Waals surface area contributed by atoms with Crippen molar-refractivity contribution in [2.75, 3.05) is 18.6 Å². The van der Waals surface area contributed by atoms with Crippen molar-refractivity contribution in [3.63, 3.8) is 0 Å². The maximum absolute atomic E-state index is 5.36. The summed E-state index contributed by atoms with van der Waals surface area (Å²) < 4.78 is 5.36. The maximum Gasteiger partial charge on any atom is 0.144 e. The zero-order chi connectivity index (χ0) is 15.8. The molecular formula is C18H18N4O. The predicted molar refractivity (Wildman–Crippen MR) is 90.4 cm³/mol. The van der Waals surface area contributed by atoms with Crippen LogP contribution in [0.5, 0.6) is 5.75 Å². The summed E-state index contributed by atoms with van der Waals surface area (Å²) in [5.74, 6) is 2.63. The topological polar surface area (TPSA) is 51.1 Å². The third-order valence-electron chi connectivity index (χ3n) is 4.25. The van der Waals surface area contributed by atoms with Crippen LogP contribution in [0, 0.1) is 6.92 Å². The first-order chi connectivity index (χ1) is 11.3. The van der Waals surface area contributed by atoms with Gasteiger partial charge < -0.3 is 9.64 Å². The Morgan fingerprint density at radius 2 is 2.09 bits per heavy atom. The number of anilines is 2. The second-order valence-electron chi connectivity index (χ2n) is 5.74. The molecule has 0 N–H and O–H groups in total. The van der Waals surface area contributed by atoms with Crippen molar-refractivity contribution in [1.82, 2.24) is 15.0 Å². The zero-order valence-electron chi connectivity index (χ0n) is 13.3. The molecule has 23 heavy (non-hydrogen) atoms. The third kappa shape index (κ3) is 2.38. The minimum Gasteiger partial charge on any atom is -0.497 e. The molecule has 0 aliphatic carbocycles. The highest BCUT2D eigenvalue weighted by atomic mass is 16.5. The van der Waals surface area contributed by atoms with Crippen LogP contribution in [0.15, 0.2) is 36.7 Å². The molecule has 1 aromatic carbocycles. The van der Waals surface area contributed by atoms with Crippen molar-refractivity contribution in [2.24, 2.45) is 0 Å². The largest absolute Gasteiger partial charge is 0.497 e. The summed E-state index contributed by atoms with van der Waals surface area (Å²) in [5.41, 5.74) is 3.39. The van der Waals surface area contributed by atoms with E-state index in [-0.39, 0.29) is 0 Å². The lowest BCUT2D eigenvalue weighted by atomic mass is 10.0. The predicted octanol–water partition coefficient (Wildman–Crippen LogP) is 3.43. The minimum absolute atomic E-state index is 0.765. The number of rotatable bonds is 2. The van der Waals surface area contributed by atoms with E-state index < -0.39 is 0 Å². The lowest BCUT2D eigenvalue weighted by Crippen LogP contribution is -2.26. The molecule has 116 valence electrons. The fraction of sp³-hybridized carbons (Fsp3) is 0.278. The van der Waals surface area contributed by atoms with Gasteiger partial charge in [-0.2, -0.15) is 0 Å². The smallest absolute Gasteiger partial charge is 0.144 e. The van der Waals surface area contributed by atoms with Crippen LogP contribution in [0.1, 0.15) is 17.8 Å². The summed E-state index contributed by atoms with van der Waals surface area (Å²) >= 11 is 0. The fourth-order valence-electron chi connectivity index (χ4n) is 3.20. The van der Waals surface area contributed by atoms with Crippen LogP contribution < -0.4 is 9.64 Å². The Morgan fingerprint density at radius 3 is 2.96 bits per heavy atom. The van der Waals surface area contributed by atoms with Crippen LogP contribution in [0.4, 0.5) is 11.5 Å². The van der Waals surface area contributed by atoms with E-state index in [2.05, 4.69) is 27.0 Å². The molecule has 0 bridgehead atoms. The first kappa shape index (κ1) is 13.9. The number of aryl methyl sites for hydroxylation is 2. The van der Waals surface area contributed by atoms with Gasteiger partial charge in [-0.25, -0.2) is 9.97 Å². The molecule has 1 aliphatic heterocycles. The first-order valence-electron chi connectivity index (χ1n) is 7.79. The number of hydrogen-bond acceptors (Lipinski definition) is 5. The van der Waals surface area contributed by atoms with Gasteiger partial charge in [-0.15, -0.1) is 0 Å². The molecule has 0 atom stereocenters. The molecule has 0 radical (unpaired) electrons. The summed E-state index contributed by atoms with van der Waals surface area (Å²) in [7, 11) is 1.70. The number of aromatic nitrogens is 3. The number of methoxy groups -OCH3 is 1. The van der Waals surface area contributed by atoms with Crippen molar-refractivity contribution in [3.8, 4) is 5.75 Å². The lowest BCUT2D eigenvalue weighted by molar-refractivity contribution is 0.414. The number of benzene rings is 1. The van der Waals surface area contributed by atoms with Crippen LogP contribution in [-0.2, 0) is 6.42 Å². The van der Waals surface area contributed by atoms with Gasteiger partial charge in [0.05, 0.1) is 18.8 Å². The summed E-state index contributed by atoms with van der Waals surface area (Å²) in [6, 6.07) is 8.24.